The third kappa shape index (κ3) is 4.36. The maximum Gasteiger partial charge on any atom is 0.391 e. The molecule has 1 saturated carbocycles. The van der Waals surface area contributed by atoms with Gasteiger partial charge in [0.05, 0.1) is 12.0 Å². The molecule has 0 spiro atoms. The number of carbonyl (C=O) groups is 1. The summed E-state index contributed by atoms with van der Waals surface area (Å²) < 4.78 is 37.7. The molecule has 1 saturated heterocycles. The predicted octanol–water partition coefficient (Wildman–Crippen LogP) is 2.76. The normalized spacial score (nSPS) is 32.5. The van der Waals surface area contributed by atoms with Gasteiger partial charge in [0, 0.05) is 6.04 Å². The SMILES string of the molecule is O=C(NC1CCC(C(F)(F)F)CC1)C1CCCCCN1. The van der Waals surface area contributed by atoms with E-state index in [1.807, 2.05) is 0 Å². The van der Waals surface area contributed by atoms with E-state index < -0.39 is 12.1 Å². The van der Waals surface area contributed by atoms with Crippen LogP contribution in [0.2, 0.25) is 0 Å². The molecule has 3 nitrogen and oxygen atoms in total. The van der Waals surface area contributed by atoms with Gasteiger partial charge in [0.15, 0.2) is 0 Å². The van der Waals surface area contributed by atoms with E-state index in [4.69, 9.17) is 0 Å². The fourth-order valence-corrected chi connectivity index (χ4v) is 3.12. The molecule has 0 aromatic heterocycles. The molecule has 2 fully saturated rings. The molecule has 1 aliphatic carbocycles. The summed E-state index contributed by atoms with van der Waals surface area (Å²) in [5.74, 6) is -1.23. The molecule has 2 N–H and O–H groups in total. The van der Waals surface area contributed by atoms with Crippen molar-refractivity contribution < 1.29 is 18.0 Å². The molecule has 0 aromatic carbocycles. The number of nitrogens with one attached hydrogen (secondary N) is 2. The summed E-state index contributed by atoms with van der Waals surface area (Å²) >= 11 is 0. The first-order valence-corrected chi connectivity index (χ1v) is 7.57. The number of hydrogen-bond donors (Lipinski definition) is 2. The minimum absolute atomic E-state index is 0.0395. The highest BCUT2D eigenvalue weighted by Gasteiger charge is 2.41. The first-order valence-electron chi connectivity index (χ1n) is 7.57. The molecule has 20 heavy (non-hydrogen) atoms. The van der Waals surface area contributed by atoms with Gasteiger partial charge >= 0.3 is 6.18 Å². The van der Waals surface area contributed by atoms with Crippen LogP contribution in [0, 0.1) is 5.92 Å². The Labute approximate surface area is 117 Å². The molecule has 1 amide bonds. The van der Waals surface area contributed by atoms with Crippen LogP contribution in [0.1, 0.15) is 51.4 Å². The standard InChI is InChI=1S/C14H23F3N2O/c15-14(16,17)10-5-7-11(8-6-10)19-13(20)12-4-2-1-3-9-18-12/h10-12,18H,1-9H2,(H,19,20). The first kappa shape index (κ1) is 15.6. The van der Waals surface area contributed by atoms with Crippen LogP contribution in [-0.4, -0.2) is 30.7 Å². The lowest BCUT2D eigenvalue weighted by Gasteiger charge is -2.31. The lowest BCUT2D eigenvalue weighted by molar-refractivity contribution is -0.182. The van der Waals surface area contributed by atoms with E-state index in [9.17, 15) is 18.0 Å². The number of amides is 1. The van der Waals surface area contributed by atoms with E-state index in [1.54, 1.807) is 0 Å². The summed E-state index contributed by atoms with van der Waals surface area (Å²) in [5, 5.41) is 6.13. The second-order valence-corrected chi connectivity index (χ2v) is 5.95. The zero-order valence-electron chi connectivity index (χ0n) is 11.6. The number of rotatable bonds is 2. The van der Waals surface area contributed by atoms with Crippen molar-refractivity contribution in [2.75, 3.05) is 6.54 Å². The van der Waals surface area contributed by atoms with Gasteiger partial charge in [-0.1, -0.05) is 12.8 Å². The van der Waals surface area contributed by atoms with E-state index in [0.29, 0.717) is 12.8 Å². The molecule has 0 aromatic rings. The van der Waals surface area contributed by atoms with E-state index in [-0.39, 0.29) is 30.8 Å². The van der Waals surface area contributed by atoms with E-state index >= 15 is 0 Å². The van der Waals surface area contributed by atoms with Crippen molar-refractivity contribution in [1.82, 2.24) is 10.6 Å². The molecule has 116 valence electrons. The monoisotopic (exact) mass is 292 g/mol. The molecule has 1 aliphatic heterocycles. The Hall–Kier alpha value is -0.780. The minimum Gasteiger partial charge on any atom is -0.352 e. The largest absolute Gasteiger partial charge is 0.391 e. The van der Waals surface area contributed by atoms with E-state index in [2.05, 4.69) is 10.6 Å². The molecule has 2 aliphatic rings. The van der Waals surface area contributed by atoms with Crippen molar-refractivity contribution >= 4 is 5.91 Å². The average Bonchev–Trinajstić information content (AvgIpc) is 2.67. The van der Waals surface area contributed by atoms with Crippen molar-refractivity contribution in [3.63, 3.8) is 0 Å². The topological polar surface area (TPSA) is 41.1 Å². The maximum absolute atomic E-state index is 12.6. The van der Waals surface area contributed by atoms with Gasteiger partial charge in [-0.05, 0) is 45.1 Å². The zero-order valence-corrected chi connectivity index (χ0v) is 11.6. The zero-order chi connectivity index (χ0) is 14.6. The summed E-state index contributed by atoms with van der Waals surface area (Å²) in [4.78, 5) is 12.1. The van der Waals surface area contributed by atoms with Gasteiger partial charge in [-0.15, -0.1) is 0 Å². The summed E-state index contributed by atoms with van der Waals surface area (Å²) in [7, 11) is 0. The lowest BCUT2D eigenvalue weighted by Crippen LogP contribution is -2.48. The van der Waals surface area contributed by atoms with Gasteiger partial charge in [-0.25, -0.2) is 0 Å². The Morgan fingerprint density at radius 1 is 1.00 bits per heavy atom. The molecule has 6 heteroatoms. The smallest absolute Gasteiger partial charge is 0.352 e. The Bertz CT molecular complexity index is 317. The number of alkyl halides is 3. The first-order chi connectivity index (χ1) is 9.47. The third-order valence-electron chi connectivity index (χ3n) is 4.41. The van der Waals surface area contributed by atoms with Crippen LogP contribution in [0.15, 0.2) is 0 Å². The van der Waals surface area contributed by atoms with Gasteiger partial charge < -0.3 is 10.6 Å². The summed E-state index contributed by atoms with van der Waals surface area (Å²) in [5.41, 5.74) is 0. The lowest BCUT2D eigenvalue weighted by atomic mass is 9.85. The summed E-state index contributed by atoms with van der Waals surface area (Å²) in [6.45, 7) is 0.846. The second-order valence-electron chi connectivity index (χ2n) is 5.95. The highest BCUT2D eigenvalue weighted by Crippen LogP contribution is 2.37. The van der Waals surface area contributed by atoms with E-state index in [0.717, 1.165) is 32.2 Å². The van der Waals surface area contributed by atoms with Crippen LogP contribution in [-0.2, 0) is 4.79 Å². The minimum atomic E-state index is -4.09. The Kier molecular flexibility index (Phi) is 5.29. The van der Waals surface area contributed by atoms with Gasteiger partial charge in [0.1, 0.15) is 0 Å². The highest BCUT2D eigenvalue weighted by molar-refractivity contribution is 5.82. The molecule has 2 rings (SSSR count). The van der Waals surface area contributed by atoms with Crippen LogP contribution in [0.3, 0.4) is 0 Å². The molecule has 1 unspecified atom stereocenters. The fourth-order valence-electron chi connectivity index (χ4n) is 3.12. The molecular formula is C14H23F3N2O. The Morgan fingerprint density at radius 2 is 1.70 bits per heavy atom. The van der Waals surface area contributed by atoms with Crippen molar-refractivity contribution in [2.45, 2.75) is 69.6 Å². The van der Waals surface area contributed by atoms with Crippen molar-refractivity contribution in [2.24, 2.45) is 5.92 Å². The Morgan fingerprint density at radius 3 is 2.35 bits per heavy atom. The van der Waals surface area contributed by atoms with Crippen LogP contribution >= 0.6 is 0 Å². The summed E-state index contributed by atoms with van der Waals surface area (Å²) in [6, 6.07) is -0.260. The fraction of sp³-hybridized carbons (Fsp3) is 0.929. The third-order valence-corrected chi connectivity index (χ3v) is 4.41. The Balaban J connectivity index is 1.75. The van der Waals surface area contributed by atoms with Crippen LogP contribution in [0.4, 0.5) is 13.2 Å². The molecule has 1 atom stereocenters. The van der Waals surface area contributed by atoms with Gasteiger partial charge in [-0.3, -0.25) is 4.79 Å². The molecule has 0 bridgehead atoms. The number of hydrogen-bond acceptors (Lipinski definition) is 2. The second kappa shape index (κ2) is 6.78. The van der Waals surface area contributed by atoms with Gasteiger partial charge in [-0.2, -0.15) is 13.2 Å². The number of carbonyl (C=O) groups excluding carboxylic acids is 1. The van der Waals surface area contributed by atoms with Crippen LogP contribution < -0.4 is 10.6 Å². The van der Waals surface area contributed by atoms with Crippen molar-refractivity contribution in [3.05, 3.63) is 0 Å². The van der Waals surface area contributed by atoms with Gasteiger partial charge in [0.25, 0.3) is 0 Å². The molecular weight excluding hydrogens is 269 g/mol. The predicted molar refractivity (Wildman–Crippen MR) is 70.2 cm³/mol. The highest BCUT2D eigenvalue weighted by atomic mass is 19.4. The van der Waals surface area contributed by atoms with E-state index in [1.165, 1.54) is 0 Å². The van der Waals surface area contributed by atoms with Crippen molar-refractivity contribution in [1.29, 1.82) is 0 Å². The van der Waals surface area contributed by atoms with Gasteiger partial charge in [0.2, 0.25) is 5.91 Å². The maximum atomic E-state index is 12.6. The van der Waals surface area contributed by atoms with Crippen LogP contribution in [0.5, 0.6) is 0 Å². The number of halogens is 3. The molecule has 0 radical (unpaired) electrons. The van der Waals surface area contributed by atoms with Crippen LogP contribution in [0.25, 0.3) is 0 Å². The molecule has 1 heterocycles. The van der Waals surface area contributed by atoms with Crippen molar-refractivity contribution in [3.8, 4) is 0 Å². The summed E-state index contributed by atoms with van der Waals surface area (Å²) in [6.07, 6.45) is 1.12. The average molecular weight is 292 g/mol. The quantitative estimate of drug-likeness (QED) is 0.821.